The van der Waals surface area contributed by atoms with E-state index in [1.54, 1.807) is 6.26 Å². The highest BCUT2D eigenvalue weighted by atomic mass is 16.3. The van der Waals surface area contributed by atoms with Crippen LogP contribution in [0.15, 0.2) is 41.3 Å². The third-order valence-corrected chi connectivity index (χ3v) is 1.89. The molecule has 0 radical (unpaired) electrons. The lowest BCUT2D eigenvalue weighted by atomic mass is 10.1. The van der Waals surface area contributed by atoms with Crippen LogP contribution in [0.5, 0.6) is 0 Å². The Balaban J connectivity index is 2.41. The second-order valence-electron chi connectivity index (χ2n) is 2.78. The van der Waals surface area contributed by atoms with Crippen molar-refractivity contribution < 1.29 is 4.42 Å². The van der Waals surface area contributed by atoms with Gasteiger partial charge in [-0.1, -0.05) is 18.2 Å². The molecule has 2 N–H and O–H groups in total. The molecule has 0 saturated carbocycles. The first-order valence-electron chi connectivity index (χ1n) is 4.08. The molecule has 1 aromatic carbocycles. The number of oxazole rings is 1. The zero-order valence-corrected chi connectivity index (χ0v) is 7.10. The SMILES string of the molecule is NCc1cccc(-c2cocn2)c1. The van der Waals surface area contributed by atoms with Crippen molar-refractivity contribution in [2.75, 3.05) is 0 Å². The predicted octanol–water partition coefficient (Wildman–Crippen LogP) is 1.80. The Morgan fingerprint density at radius 2 is 2.31 bits per heavy atom. The van der Waals surface area contributed by atoms with Gasteiger partial charge in [-0.05, 0) is 11.6 Å². The number of aromatic nitrogens is 1. The van der Waals surface area contributed by atoms with E-state index < -0.39 is 0 Å². The largest absolute Gasteiger partial charge is 0.451 e. The van der Waals surface area contributed by atoms with Gasteiger partial charge in [0.1, 0.15) is 12.0 Å². The Hall–Kier alpha value is -1.61. The van der Waals surface area contributed by atoms with Gasteiger partial charge in [0.05, 0.1) is 0 Å². The van der Waals surface area contributed by atoms with Gasteiger partial charge in [-0.15, -0.1) is 0 Å². The van der Waals surface area contributed by atoms with E-state index in [0.29, 0.717) is 6.54 Å². The summed E-state index contributed by atoms with van der Waals surface area (Å²) in [5, 5.41) is 0. The minimum Gasteiger partial charge on any atom is -0.451 e. The lowest BCUT2D eigenvalue weighted by Crippen LogP contribution is -1.95. The summed E-state index contributed by atoms with van der Waals surface area (Å²) in [6.07, 6.45) is 3.04. The predicted molar refractivity (Wildman–Crippen MR) is 49.8 cm³/mol. The molecule has 13 heavy (non-hydrogen) atoms. The van der Waals surface area contributed by atoms with Gasteiger partial charge >= 0.3 is 0 Å². The van der Waals surface area contributed by atoms with E-state index in [0.717, 1.165) is 16.8 Å². The monoisotopic (exact) mass is 174 g/mol. The van der Waals surface area contributed by atoms with Crippen LogP contribution in [0.4, 0.5) is 0 Å². The Morgan fingerprint density at radius 1 is 1.38 bits per heavy atom. The van der Waals surface area contributed by atoms with Crippen LogP contribution in [0.3, 0.4) is 0 Å². The molecule has 3 heteroatoms. The Labute approximate surface area is 76.2 Å². The molecule has 2 rings (SSSR count). The van der Waals surface area contributed by atoms with Gasteiger partial charge in [0.25, 0.3) is 0 Å². The van der Waals surface area contributed by atoms with E-state index in [9.17, 15) is 0 Å². The van der Waals surface area contributed by atoms with Crippen LogP contribution in [0.25, 0.3) is 11.3 Å². The van der Waals surface area contributed by atoms with Crippen LogP contribution in [0, 0.1) is 0 Å². The third-order valence-electron chi connectivity index (χ3n) is 1.89. The van der Waals surface area contributed by atoms with Crippen molar-refractivity contribution >= 4 is 0 Å². The van der Waals surface area contributed by atoms with E-state index >= 15 is 0 Å². The molecule has 0 bridgehead atoms. The van der Waals surface area contributed by atoms with Crippen molar-refractivity contribution in [2.45, 2.75) is 6.54 Å². The van der Waals surface area contributed by atoms with Crippen molar-refractivity contribution in [2.24, 2.45) is 5.73 Å². The number of rotatable bonds is 2. The number of benzene rings is 1. The van der Waals surface area contributed by atoms with Crippen LogP contribution >= 0.6 is 0 Å². The zero-order chi connectivity index (χ0) is 9.10. The summed E-state index contributed by atoms with van der Waals surface area (Å²) in [7, 11) is 0. The highest BCUT2D eigenvalue weighted by molar-refractivity contribution is 5.58. The van der Waals surface area contributed by atoms with Gasteiger partial charge in [0.15, 0.2) is 6.39 Å². The average Bonchev–Trinajstić information content (AvgIpc) is 2.71. The number of hydrogen-bond acceptors (Lipinski definition) is 3. The zero-order valence-electron chi connectivity index (χ0n) is 7.10. The molecule has 1 heterocycles. The second kappa shape index (κ2) is 3.41. The lowest BCUT2D eigenvalue weighted by Gasteiger charge is -1.98. The molecule has 0 atom stereocenters. The molecule has 0 aliphatic heterocycles. The summed E-state index contributed by atoms with van der Waals surface area (Å²) < 4.78 is 4.90. The molecule has 0 aliphatic carbocycles. The van der Waals surface area contributed by atoms with Gasteiger partial charge < -0.3 is 10.2 Å². The molecule has 66 valence electrons. The van der Waals surface area contributed by atoms with Crippen molar-refractivity contribution in [1.82, 2.24) is 4.98 Å². The Kier molecular flexibility index (Phi) is 2.10. The molecule has 0 aliphatic rings. The molecule has 0 fully saturated rings. The summed E-state index contributed by atoms with van der Waals surface area (Å²) >= 11 is 0. The molecule has 3 nitrogen and oxygen atoms in total. The van der Waals surface area contributed by atoms with E-state index in [2.05, 4.69) is 4.98 Å². The number of nitrogens with two attached hydrogens (primary N) is 1. The molecule has 1 aromatic heterocycles. The maximum Gasteiger partial charge on any atom is 0.181 e. The minimum absolute atomic E-state index is 0.547. The summed E-state index contributed by atoms with van der Waals surface area (Å²) in [6, 6.07) is 7.95. The van der Waals surface area contributed by atoms with Crippen molar-refractivity contribution in [3.63, 3.8) is 0 Å². The third kappa shape index (κ3) is 1.60. The fourth-order valence-corrected chi connectivity index (χ4v) is 1.21. The standard InChI is InChI=1S/C10H10N2O/c11-5-8-2-1-3-9(4-8)10-6-13-7-12-10/h1-4,6-7H,5,11H2. The fraction of sp³-hybridized carbons (Fsp3) is 0.100. The molecule has 0 saturated heterocycles. The van der Waals surface area contributed by atoms with E-state index in [1.807, 2.05) is 24.3 Å². The number of hydrogen-bond donors (Lipinski definition) is 1. The summed E-state index contributed by atoms with van der Waals surface area (Å²) in [5.41, 5.74) is 8.51. The van der Waals surface area contributed by atoms with Gasteiger partial charge in [0, 0.05) is 12.1 Å². The smallest absolute Gasteiger partial charge is 0.181 e. The first-order valence-corrected chi connectivity index (χ1v) is 4.08. The van der Waals surface area contributed by atoms with Crippen LogP contribution in [0.2, 0.25) is 0 Å². The maximum absolute atomic E-state index is 5.53. The lowest BCUT2D eigenvalue weighted by molar-refractivity contribution is 0.558. The highest BCUT2D eigenvalue weighted by Crippen LogP contribution is 2.17. The average molecular weight is 174 g/mol. The summed E-state index contributed by atoms with van der Waals surface area (Å²) in [4.78, 5) is 4.05. The fourth-order valence-electron chi connectivity index (χ4n) is 1.21. The van der Waals surface area contributed by atoms with Crippen LogP contribution in [0.1, 0.15) is 5.56 Å². The van der Waals surface area contributed by atoms with E-state index in [1.165, 1.54) is 6.39 Å². The quantitative estimate of drug-likeness (QED) is 0.755. The second-order valence-corrected chi connectivity index (χ2v) is 2.78. The van der Waals surface area contributed by atoms with Crippen molar-refractivity contribution in [1.29, 1.82) is 0 Å². The molecular formula is C10H10N2O. The Bertz CT molecular complexity index is 382. The van der Waals surface area contributed by atoms with E-state index in [4.69, 9.17) is 10.2 Å². The highest BCUT2D eigenvalue weighted by Gasteiger charge is 2.00. The molecular weight excluding hydrogens is 164 g/mol. The van der Waals surface area contributed by atoms with Gasteiger partial charge in [-0.2, -0.15) is 0 Å². The normalized spacial score (nSPS) is 10.2. The van der Waals surface area contributed by atoms with Gasteiger partial charge in [0.2, 0.25) is 0 Å². The first-order chi connectivity index (χ1) is 6.40. The van der Waals surface area contributed by atoms with Gasteiger partial charge in [-0.25, -0.2) is 4.98 Å². The minimum atomic E-state index is 0.547. The van der Waals surface area contributed by atoms with E-state index in [-0.39, 0.29) is 0 Å². The van der Waals surface area contributed by atoms with Gasteiger partial charge in [-0.3, -0.25) is 0 Å². The Morgan fingerprint density at radius 3 is 3.00 bits per heavy atom. The van der Waals surface area contributed by atoms with Crippen LogP contribution in [-0.4, -0.2) is 4.98 Å². The molecule has 0 spiro atoms. The van der Waals surface area contributed by atoms with Crippen molar-refractivity contribution in [3.05, 3.63) is 42.5 Å². The maximum atomic E-state index is 5.53. The van der Waals surface area contributed by atoms with Crippen LogP contribution in [-0.2, 0) is 6.54 Å². The molecule has 2 aromatic rings. The summed E-state index contributed by atoms with van der Waals surface area (Å²) in [5.74, 6) is 0. The molecule has 0 amide bonds. The first kappa shape index (κ1) is 8.01. The van der Waals surface area contributed by atoms with Crippen LogP contribution < -0.4 is 5.73 Å². The molecule has 0 unspecified atom stereocenters. The van der Waals surface area contributed by atoms with Crippen molar-refractivity contribution in [3.8, 4) is 11.3 Å². The summed E-state index contributed by atoms with van der Waals surface area (Å²) in [6.45, 7) is 0.547. The topological polar surface area (TPSA) is 52.0 Å². The number of nitrogens with zero attached hydrogens (tertiary/aromatic N) is 1.